The van der Waals surface area contributed by atoms with E-state index in [1.165, 1.54) is 7.11 Å². The molecule has 0 saturated heterocycles. The molecular weight excluding hydrogens is 307 g/mol. The Morgan fingerprint density at radius 3 is 2.61 bits per heavy atom. The third-order valence-electron chi connectivity index (χ3n) is 2.86. The molecule has 1 N–H and O–H groups in total. The number of anilines is 1. The van der Waals surface area contributed by atoms with Gasteiger partial charge in [-0.3, -0.25) is 14.9 Å². The minimum Gasteiger partial charge on any atom is -0.493 e. The first-order valence-corrected chi connectivity index (χ1v) is 6.51. The summed E-state index contributed by atoms with van der Waals surface area (Å²) < 4.78 is 23.9. The van der Waals surface area contributed by atoms with Crippen LogP contribution >= 0.6 is 0 Å². The molecule has 0 spiro atoms. The van der Waals surface area contributed by atoms with Crippen molar-refractivity contribution < 1.29 is 23.6 Å². The Hall–Kier alpha value is -3.16. The number of ether oxygens (including phenoxy) is 2. The Balaban J connectivity index is 2.02. The van der Waals surface area contributed by atoms with Crippen molar-refractivity contribution in [3.05, 3.63) is 58.4 Å². The Kier molecular flexibility index (Phi) is 5.08. The maximum Gasteiger partial charge on any atom is 0.271 e. The summed E-state index contributed by atoms with van der Waals surface area (Å²) in [7, 11) is 1.46. The van der Waals surface area contributed by atoms with Crippen LogP contribution in [0.5, 0.6) is 11.5 Å². The van der Waals surface area contributed by atoms with E-state index in [1.807, 2.05) is 0 Å². The fourth-order valence-electron chi connectivity index (χ4n) is 1.79. The fourth-order valence-corrected chi connectivity index (χ4v) is 1.79. The number of hydrogen-bond acceptors (Lipinski definition) is 5. The van der Waals surface area contributed by atoms with Gasteiger partial charge in [0.15, 0.2) is 18.1 Å². The number of hydrogen-bond donors (Lipinski definition) is 1. The van der Waals surface area contributed by atoms with E-state index in [4.69, 9.17) is 9.47 Å². The number of rotatable bonds is 6. The molecule has 0 saturated carbocycles. The molecule has 0 bridgehead atoms. The van der Waals surface area contributed by atoms with Gasteiger partial charge in [0.1, 0.15) is 5.82 Å². The zero-order valence-corrected chi connectivity index (χ0v) is 12.1. The van der Waals surface area contributed by atoms with E-state index < -0.39 is 23.3 Å². The predicted octanol–water partition coefficient (Wildman–Crippen LogP) is 2.76. The Morgan fingerprint density at radius 2 is 1.96 bits per heavy atom. The van der Waals surface area contributed by atoms with E-state index in [9.17, 15) is 19.3 Å². The van der Waals surface area contributed by atoms with Crippen LogP contribution in [-0.4, -0.2) is 24.5 Å². The number of amides is 1. The van der Waals surface area contributed by atoms with Crippen LogP contribution in [0, 0.1) is 15.9 Å². The molecule has 23 heavy (non-hydrogen) atoms. The van der Waals surface area contributed by atoms with E-state index >= 15 is 0 Å². The molecule has 0 unspecified atom stereocenters. The number of methoxy groups -OCH3 is 1. The average Bonchev–Trinajstić information content (AvgIpc) is 2.55. The summed E-state index contributed by atoms with van der Waals surface area (Å²) in [5.41, 5.74) is -0.611. The number of nitro groups is 1. The molecule has 0 atom stereocenters. The average molecular weight is 320 g/mol. The largest absolute Gasteiger partial charge is 0.493 e. The van der Waals surface area contributed by atoms with E-state index in [2.05, 4.69) is 5.32 Å². The Labute approximate surface area is 130 Å². The number of carbonyl (C=O) groups is 1. The summed E-state index contributed by atoms with van der Waals surface area (Å²) in [6, 6.07) is 9.58. The van der Waals surface area contributed by atoms with Gasteiger partial charge in [-0.15, -0.1) is 0 Å². The van der Waals surface area contributed by atoms with E-state index in [1.54, 1.807) is 24.3 Å². The van der Waals surface area contributed by atoms with Gasteiger partial charge in [-0.1, -0.05) is 12.1 Å². The second-order valence-corrected chi connectivity index (χ2v) is 4.41. The van der Waals surface area contributed by atoms with Gasteiger partial charge in [-0.05, 0) is 18.2 Å². The highest BCUT2D eigenvalue weighted by Crippen LogP contribution is 2.26. The lowest BCUT2D eigenvalue weighted by Gasteiger charge is -2.10. The SMILES string of the molecule is COc1ccccc1OCC(=O)Nc1cc([N+](=O)[O-])ccc1F. The van der Waals surface area contributed by atoms with Crippen LogP contribution in [0.4, 0.5) is 15.8 Å². The number of benzene rings is 2. The summed E-state index contributed by atoms with van der Waals surface area (Å²) in [5.74, 6) is -0.636. The minimum absolute atomic E-state index is 0.284. The van der Waals surface area contributed by atoms with Crippen molar-refractivity contribution in [1.82, 2.24) is 0 Å². The van der Waals surface area contributed by atoms with Gasteiger partial charge >= 0.3 is 0 Å². The molecule has 0 heterocycles. The molecule has 0 aliphatic rings. The summed E-state index contributed by atoms with van der Waals surface area (Å²) in [6.45, 7) is -0.400. The molecule has 1 amide bonds. The van der Waals surface area contributed by atoms with Gasteiger partial charge in [0, 0.05) is 12.1 Å². The van der Waals surface area contributed by atoms with Crippen molar-refractivity contribution >= 4 is 17.3 Å². The summed E-state index contributed by atoms with van der Waals surface area (Å²) in [6.07, 6.45) is 0. The molecule has 120 valence electrons. The molecule has 8 heteroatoms. The number of nitro benzene ring substituents is 1. The maximum atomic E-state index is 13.6. The summed E-state index contributed by atoms with van der Waals surface area (Å²) >= 11 is 0. The van der Waals surface area contributed by atoms with Crippen LogP contribution in [0.15, 0.2) is 42.5 Å². The first kappa shape index (κ1) is 16.2. The standard InChI is InChI=1S/C15H13FN2O5/c1-22-13-4-2-3-5-14(13)23-9-15(19)17-12-8-10(18(20)21)6-7-11(12)16/h2-8H,9H2,1H3,(H,17,19). The van der Waals surface area contributed by atoms with Crippen molar-refractivity contribution in [2.24, 2.45) is 0 Å². The van der Waals surface area contributed by atoms with E-state index in [0.29, 0.717) is 11.5 Å². The molecule has 0 aliphatic carbocycles. The molecule has 0 aromatic heterocycles. The quantitative estimate of drug-likeness (QED) is 0.653. The lowest BCUT2D eigenvalue weighted by molar-refractivity contribution is -0.384. The summed E-state index contributed by atoms with van der Waals surface area (Å²) in [5, 5.41) is 12.9. The summed E-state index contributed by atoms with van der Waals surface area (Å²) in [4.78, 5) is 21.8. The lowest BCUT2D eigenvalue weighted by Crippen LogP contribution is -2.21. The molecule has 2 rings (SSSR count). The van der Waals surface area contributed by atoms with Crippen molar-refractivity contribution in [2.45, 2.75) is 0 Å². The molecular formula is C15H13FN2O5. The molecule has 0 fully saturated rings. The number of carbonyl (C=O) groups excluding carboxylic acids is 1. The van der Waals surface area contributed by atoms with Crippen LogP contribution in [0.25, 0.3) is 0 Å². The van der Waals surface area contributed by atoms with Crippen molar-refractivity contribution in [3.8, 4) is 11.5 Å². The molecule has 0 aliphatic heterocycles. The van der Waals surface area contributed by atoms with Crippen LogP contribution in [0.1, 0.15) is 0 Å². The topological polar surface area (TPSA) is 90.7 Å². The molecule has 0 radical (unpaired) electrons. The van der Waals surface area contributed by atoms with Crippen LogP contribution in [0.2, 0.25) is 0 Å². The fraction of sp³-hybridized carbons (Fsp3) is 0.133. The van der Waals surface area contributed by atoms with Gasteiger partial charge < -0.3 is 14.8 Å². The van der Waals surface area contributed by atoms with Gasteiger partial charge in [0.05, 0.1) is 17.7 Å². The third kappa shape index (κ3) is 4.16. The van der Waals surface area contributed by atoms with E-state index in [-0.39, 0.29) is 11.4 Å². The lowest BCUT2D eigenvalue weighted by atomic mass is 10.2. The number of nitrogens with one attached hydrogen (secondary N) is 1. The van der Waals surface area contributed by atoms with Crippen molar-refractivity contribution in [1.29, 1.82) is 0 Å². The second kappa shape index (κ2) is 7.21. The number of halogens is 1. The molecule has 7 nitrogen and oxygen atoms in total. The molecule has 2 aromatic carbocycles. The number of nitrogens with zero attached hydrogens (tertiary/aromatic N) is 1. The van der Waals surface area contributed by atoms with Gasteiger partial charge in [-0.25, -0.2) is 4.39 Å². The first-order valence-electron chi connectivity index (χ1n) is 6.51. The predicted molar refractivity (Wildman–Crippen MR) is 80.2 cm³/mol. The maximum absolute atomic E-state index is 13.6. The Bertz CT molecular complexity index is 736. The number of para-hydroxylation sites is 2. The highest BCUT2D eigenvalue weighted by molar-refractivity contribution is 5.92. The highest BCUT2D eigenvalue weighted by Gasteiger charge is 2.14. The smallest absolute Gasteiger partial charge is 0.271 e. The second-order valence-electron chi connectivity index (χ2n) is 4.41. The first-order chi connectivity index (χ1) is 11.0. The highest BCUT2D eigenvalue weighted by atomic mass is 19.1. The third-order valence-corrected chi connectivity index (χ3v) is 2.86. The number of non-ortho nitro benzene ring substituents is 1. The zero-order chi connectivity index (χ0) is 16.8. The van der Waals surface area contributed by atoms with Crippen molar-refractivity contribution in [2.75, 3.05) is 19.0 Å². The van der Waals surface area contributed by atoms with E-state index in [0.717, 1.165) is 18.2 Å². The van der Waals surface area contributed by atoms with Gasteiger partial charge in [-0.2, -0.15) is 0 Å². The van der Waals surface area contributed by atoms with Crippen LogP contribution < -0.4 is 14.8 Å². The van der Waals surface area contributed by atoms with Gasteiger partial charge in [0.25, 0.3) is 11.6 Å². The van der Waals surface area contributed by atoms with Crippen molar-refractivity contribution in [3.63, 3.8) is 0 Å². The Morgan fingerprint density at radius 1 is 1.26 bits per heavy atom. The minimum atomic E-state index is -0.777. The van der Waals surface area contributed by atoms with Crippen LogP contribution in [0.3, 0.4) is 0 Å². The monoisotopic (exact) mass is 320 g/mol. The van der Waals surface area contributed by atoms with Gasteiger partial charge in [0.2, 0.25) is 0 Å². The normalized spacial score (nSPS) is 10.0. The zero-order valence-electron chi connectivity index (χ0n) is 12.1. The molecule has 2 aromatic rings. The van der Waals surface area contributed by atoms with Crippen LogP contribution in [-0.2, 0) is 4.79 Å².